The van der Waals surface area contributed by atoms with Crippen LogP contribution < -0.4 is 5.73 Å². The first kappa shape index (κ1) is 14.0. The Balaban J connectivity index is 2.16. The van der Waals surface area contributed by atoms with E-state index in [1.54, 1.807) is 11.3 Å². The van der Waals surface area contributed by atoms with E-state index < -0.39 is 0 Å². The molecule has 0 unspecified atom stereocenters. The van der Waals surface area contributed by atoms with Gasteiger partial charge in [-0.25, -0.2) is 4.68 Å². The topological polar surface area (TPSA) is 43.8 Å². The van der Waals surface area contributed by atoms with Crippen LogP contribution in [-0.2, 0) is 6.42 Å². The van der Waals surface area contributed by atoms with Crippen molar-refractivity contribution in [3.63, 3.8) is 0 Å². The minimum atomic E-state index is 0.619. The predicted octanol–water partition coefficient (Wildman–Crippen LogP) is 3.72. The molecule has 0 saturated heterocycles. The normalized spacial score (nSPS) is 11.0. The Labute approximate surface area is 129 Å². The number of hydrogen-bond donors (Lipinski definition) is 1. The van der Waals surface area contributed by atoms with Crippen LogP contribution in [0.15, 0.2) is 41.8 Å². The number of nitrogens with two attached hydrogens (primary N) is 1. The van der Waals surface area contributed by atoms with Gasteiger partial charge < -0.3 is 5.73 Å². The molecule has 108 valence electrons. The standard InChI is InChI=1S/C17H19N3S/c1-12-5-6-15(13(2)10-12)20-16(17-4-3-9-21-17)11-14(19-20)7-8-18/h3-6,9-11H,7-8,18H2,1-2H3. The lowest BCUT2D eigenvalue weighted by atomic mass is 10.1. The average molecular weight is 297 g/mol. The van der Waals surface area contributed by atoms with Crippen molar-refractivity contribution in [1.29, 1.82) is 0 Å². The summed E-state index contributed by atoms with van der Waals surface area (Å²) < 4.78 is 2.05. The highest BCUT2D eigenvalue weighted by Crippen LogP contribution is 2.29. The Hall–Kier alpha value is -1.91. The summed E-state index contributed by atoms with van der Waals surface area (Å²) in [4.78, 5) is 1.23. The quantitative estimate of drug-likeness (QED) is 0.797. The first-order valence-electron chi connectivity index (χ1n) is 7.09. The summed E-state index contributed by atoms with van der Waals surface area (Å²) in [6, 6.07) is 12.8. The number of hydrogen-bond acceptors (Lipinski definition) is 3. The summed E-state index contributed by atoms with van der Waals surface area (Å²) in [6.45, 7) is 4.86. The van der Waals surface area contributed by atoms with Crippen molar-refractivity contribution in [2.45, 2.75) is 20.3 Å². The van der Waals surface area contributed by atoms with Gasteiger partial charge in [0.15, 0.2) is 0 Å². The van der Waals surface area contributed by atoms with Crippen molar-refractivity contribution < 1.29 is 0 Å². The van der Waals surface area contributed by atoms with Crippen molar-refractivity contribution in [3.8, 4) is 16.3 Å². The number of thiophene rings is 1. The Morgan fingerprint density at radius 2 is 2.05 bits per heavy atom. The smallest absolute Gasteiger partial charge is 0.0843 e. The molecular weight excluding hydrogens is 278 g/mol. The van der Waals surface area contributed by atoms with Crippen LogP contribution in [0.3, 0.4) is 0 Å². The van der Waals surface area contributed by atoms with Gasteiger partial charge in [0.25, 0.3) is 0 Å². The zero-order valence-corrected chi connectivity index (χ0v) is 13.2. The number of benzene rings is 1. The van der Waals surface area contributed by atoms with E-state index in [0.29, 0.717) is 6.54 Å². The summed E-state index contributed by atoms with van der Waals surface area (Å²) in [5.41, 5.74) is 11.5. The van der Waals surface area contributed by atoms with Crippen molar-refractivity contribution in [2.24, 2.45) is 5.73 Å². The molecule has 1 aromatic carbocycles. The summed E-state index contributed by atoms with van der Waals surface area (Å²) in [5, 5.41) is 6.85. The average Bonchev–Trinajstić information content (AvgIpc) is 3.08. The number of aromatic nitrogens is 2. The highest BCUT2D eigenvalue weighted by molar-refractivity contribution is 7.13. The molecule has 2 aromatic heterocycles. The van der Waals surface area contributed by atoms with E-state index in [-0.39, 0.29) is 0 Å². The number of aryl methyl sites for hydroxylation is 2. The van der Waals surface area contributed by atoms with Crippen molar-refractivity contribution in [1.82, 2.24) is 9.78 Å². The SMILES string of the molecule is Cc1ccc(-n2nc(CCN)cc2-c2cccs2)c(C)c1. The van der Waals surface area contributed by atoms with E-state index in [0.717, 1.165) is 23.5 Å². The van der Waals surface area contributed by atoms with Gasteiger partial charge in [0.1, 0.15) is 0 Å². The van der Waals surface area contributed by atoms with Crippen LogP contribution in [0.4, 0.5) is 0 Å². The second-order valence-corrected chi connectivity index (χ2v) is 6.19. The fourth-order valence-electron chi connectivity index (χ4n) is 2.53. The predicted molar refractivity (Wildman–Crippen MR) is 89.1 cm³/mol. The largest absolute Gasteiger partial charge is 0.330 e. The molecule has 0 radical (unpaired) electrons. The Morgan fingerprint density at radius 3 is 2.71 bits per heavy atom. The second-order valence-electron chi connectivity index (χ2n) is 5.24. The molecule has 0 amide bonds. The van der Waals surface area contributed by atoms with Gasteiger partial charge in [-0.05, 0) is 49.5 Å². The molecule has 4 heteroatoms. The molecule has 0 atom stereocenters. The highest BCUT2D eigenvalue weighted by atomic mass is 32.1. The maximum atomic E-state index is 5.68. The van der Waals surface area contributed by atoms with Crippen LogP contribution >= 0.6 is 11.3 Å². The third-order valence-electron chi connectivity index (χ3n) is 3.51. The van der Waals surface area contributed by atoms with Gasteiger partial charge in [-0.2, -0.15) is 5.10 Å². The fraction of sp³-hybridized carbons (Fsp3) is 0.235. The first-order chi connectivity index (χ1) is 10.2. The monoisotopic (exact) mass is 297 g/mol. The Kier molecular flexibility index (Phi) is 3.90. The van der Waals surface area contributed by atoms with E-state index in [9.17, 15) is 0 Å². The molecule has 3 rings (SSSR count). The third kappa shape index (κ3) is 2.77. The first-order valence-corrected chi connectivity index (χ1v) is 7.97. The molecule has 0 aliphatic carbocycles. The molecular formula is C17H19N3S. The van der Waals surface area contributed by atoms with E-state index >= 15 is 0 Å². The summed E-state index contributed by atoms with van der Waals surface area (Å²) in [7, 11) is 0. The van der Waals surface area contributed by atoms with Crippen LogP contribution in [-0.4, -0.2) is 16.3 Å². The maximum Gasteiger partial charge on any atom is 0.0843 e. The minimum Gasteiger partial charge on any atom is -0.330 e. The van der Waals surface area contributed by atoms with Crippen LogP contribution in [0.5, 0.6) is 0 Å². The zero-order valence-electron chi connectivity index (χ0n) is 12.3. The lowest BCUT2D eigenvalue weighted by molar-refractivity contribution is 0.822. The lowest BCUT2D eigenvalue weighted by Gasteiger charge is -2.10. The molecule has 2 N–H and O–H groups in total. The molecule has 0 spiro atoms. The molecule has 2 heterocycles. The summed E-state index contributed by atoms with van der Waals surface area (Å²) >= 11 is 1.73. The third-order valence-corrected chi connectivity index (χ3v) is 4.41. The number of rotatable bonds is 4. The highest BCUT2D eigenvalue weighted by Gasteiger charge is 2.13. The van der Waals surface area contributed by atoms with Crippen molar-refractivity contribution in [2.75, 3.05) is 6.54 Å². The van der Waals surface area contributed by atoms with Gasteiger partial charge in [0.2, 0.25) is 0 Å². The molecule has 0 fully saturated rings. The molecule has 0 saturated carbocycles. The van der Waals surface area contributed by atoms with Crippen LogP contribution in [0.25, 0.3) is 16.3 Å². The molecule has 0 aliphatic rings. The fourth-order valence-corrected chi connectivity index (χ4v) is 3.25. The minimum absolute atomic E-state index is 0.619. The van der Waals surface area contributed by atoms with Gasteiger partial charge >= 0.3 is 0 Å². The maximum absolute atomic E-state index is 5.68. The van der Waals surface area contributed by atoms with Crippen molar-refractivity contribution >= 4 is 11.3 Å². The van der Waals surface area contributed by atoms with Gasteiger partial charge in [0, 0.05) is 6.42 Å². The van der Waals surface area contributed by atoms with Crippen molar-refractivity contribution in [3.05, 3.63) is 58.6 Å². The molecule has 21 heavy (non-hydrogen) atoms. The van der Waals surface area contributed by atoms with Gasteiger partial charge in [0.05, 0.1) is 22.0 Å². The van der Waals surface area contributed by atoms with E-state index in [1.807, 2.05) is 4.68 Å². The van der Waals surface area contributed by atoms with Crippen LogP contribution in [0, 0.1) is 13.8 Å². The van der Waals surface area contributed by atoms with Gasteiger partial charge in [-0.15, -0.1) is 11.3 Å². The summed E-state index contributed by atoms with van der Waals surface area (Å²) in [6.07, 6.45) is 0.802. The van der Waals surface area contributed by atoms with E-state index in [4.69, 9.17) is 10.8 Å². The van der Waals surface area contributed by atoms with Crippen LogP contribution in [0.1, 0.15) is 16.8 Å². The van der Waals surface area contributed by atoms with Gasteiger partial charge in [-0.3, -0.25) is 0 Å². The van der Waals surface area contributed by atoms with E-state index in [2.05, 4.69) is 55.6 Å². The molecule has 3 nitrogen and oxygen atoms in total. The lowest BCUT2D eigenvalue weighted by Crippen LogP contribution is -2.05. The molecule has 0 aliphatic heterocycles. The number of nitrogens with zero attached hydrogens (tertiary/aromatic N) is 2. The zero-order chi connectivity index (χ0) is 14.8. The van der Waals surface area contributed by atoms with E-state index in [1.165, 1.54) is 16.0 Å². The molecule has 3 aromatic rings. The second kappa shape index (κ2) is 5.84. The van der Waals surface area contributed by atoms with Crippen LogP contribution in [0.2, 0.25) is 0 Å². The Morgan fingerprint density at radius 1 is 1.19 bits per heavy atom. The molecule has 0 bridgehead atoms. The Bertz CT molecular complexity index is 741. The summed E-state index contributed by atoms with van der Waals surface area (Å²) in [5.74, 6) is 0. The van der Waals surface area contributed by atoms with Gasteiger partial charge in [-0.1, -0.05) is 23.8 Å².